The number of amides is 1. The van der Waals surface area contributed by atoms with Crippen LogP contribution in [-0.2, 0) is 0 Å². The number of carbonyl (C=O) groups is 1. The van der Waals surface area contributed by atoms with Crippen LogP contribution in [-0.4, -0.2) is 16.0 Å². The lowest BCUT2D eigenvalue weighted by molar-refractivity contribution is 0.0951. The number of anilines is 1. The van der Waals surface area contributed by atoms with Gasteiger partial charge in [0.05, 0.1) is 20.9 Å². The number of benzene rings is 3. The molecule has 5 aromatic rings. The molecule has 1 amide bonds. The quantitative estimate of drug-likeness (QED) is 0.202. The predicted octanol–water partition coefficient (Wildman–Crippen LogP) is 8.42. The summed E-state index contributed by atoms with van der Waals surface area (Å²) in [6, 6.07) is 21.9. The number of halogens is 3. The summed E-state index contributed by atoms with van der Waals surface area (Å²) in [6.45, 7) is 0. The number of hydrogen-bond acceptors (Lipinski definition) is 5. The van der Waals surface area contributed by atoms with Gasteiger partial charge >= 0.3 is 0 Å². The Morgan fingerprint density at radius 1 is 1.00 bits per heavy atom. The SMILES string of the molecule is O=C(NC(=S)Nc1ccc(Br)cc1-c1nc2ccccc2s1)c1ccc(-c2cc(Cl)ccc2Cl)o1. The minimum atomic E-state index is -0.495. The Morgan fingerprint density at radius 2 is 1.83 bits per heavy atom. The van der Waals surface area contributed by atoms with Crippen LogP contribution in [0.4, 0.5) is 5.69 Å². The van der Waals surface area contributed by atoms with E-state index in [4.69, 9.17) is 44.8 Å². The summed E-state index contributed by atoms with van der Waals surface area (Å²) in [5.41, 5.74) is 3.08. The lowest BCUT2D eigenvalue weighted by atomic mass is 10.2. The standard InChI is InChI=1S/C25H14BrCl2N3O2S2/c26-13-5-8-18(16(11-13)24-29-19-3-1-2-4-22(19)35-24)30-25(34)31-23(32)21-10-9-20(33-21)15-12-14(27)6-7-17(15)28/h1-12H,(H2,30,31,32,34). The number of thiazole rings is 1. The molecule has 2 heterocycles. The summed E-state index contributed by atoms with van der Waals surface area (Å²) in [5.74, 6) is 0.0144. The number of thiocarbonyl (C=S) groups is 1. The highest BCUT2D eigenvalue weighted by atomic mass is 79.9. The number of nitrogens with zero attached hydrogens (tertiary/aromatic N) is 1. The number of rotatable bonds is 4. The first-order valence-corrected chi connectivity index (χ1v) is 13.0. The average molecular weight is 603 g/mol. The van der Waals surface area contributed by atoms with Crippen LogP contribution >= 0.6 is 62.7 Å². The van der Waals surface area contributed by atoms with Crippen molar-refractivity contribution >= 4 is 89.6 Å². The zero-order valence-electron chi connectivity index (χ0n) is 17.6. The maximum absolute atomic E-state index is 12.8. The number of hydrogen-bond donors (Lipinski definition) is 2. The second kappa shape index (κ2) is 10.1. The molecule has 0 aliphatic carbocycles. The molecule has 174 valence electrons. The predicted molar refractivity (Wildman–Crippen MR) is 151 cm³/mol. The van der Waals surface area contributed by atoms with Crippen LogP contribution in [0.1, 0.15) is 10.6 Å². The topological polar surface area (TPSA) is 67.2 Å². The first kappa shape index (κ1) is 24.0. The maximum atomic E-state index is 12.8. The molecule has 0 atom stereocenters. The van der Waals surface area contributed by atoms with Crippen molar-refractivity contribution in [3.63, 3.8) is 0 Å². The number of aromatic nitrogens is 1. The van der Waals surface area contributed by atoms with Gasteiger partial charge in [-0.2, -0.15) is 0 Å². The van der Waals surface area contributed by atoms with E-state index in [9.17, 15) is 4.79 Å². The van der Waals surface area contributed by atoms with Crippen LogP contribution in [0, 0.1) is 0 Å². The van der Waals surface area contributed by atoms with Crippen LogP contribution in [0.15, 0.2) is 81.7 Å². The van der Waals surface area contributed by atoms with Gasteiger partial charge in [0.2, 0.25) is 0 Å². The monoisotopic (exact) mass is 601 g/mol. The Morgan fingerprint density at radius 3 is 2.66 bits per heavy atom. The molecule has 0 aliphatic heterocycles. The van der Waals surface area contributed by atoms with E-state index >= 15 is 0 Å². The number of para-hydroxylation sites is 1. The summed E-state index contributed by atoms with van der Waals surface area (Å²) >= 11 is 22.8. The summed E-state index contributed by atoms with van der Waals surface area (Å²) in [6.07, 6.45) is 0. The van der Waals surface area contributed by atoms with Crippen LogP contribution in [0.25, 0.3) is 32.1 Å². The first-order chi connectivity index (χ1) is 16.9. The Balaban J connectivity index is 1.34. The fraction of sp³-hybridized carbons (Fsp3) is 0. The van der Waals surface area contributed by atoms with E-state index in [1.54, 1.807) is 41.7 Å². The molecule has 35 heavy (non-hydrogen) atoms. The van der Waals surface area contributed by atoms with E-state index in [0.29, 0.717) is 27.1 Å². The smallest absolute Gasteiger partial charge is 0.293 e. The van der Waals surface area contributed by atoms with Crippen LogP contribution in [0.3, 0.4) is 0 Å². The molecule has 0 unspecified atom stereocenters. The second-order valence-corrected chi connectivity index (χ2v) is 10.6. The third-order valence-electron chi connectivity index (χ3n) is 5.00. The van der Waals surface area contributed by atoms with Crippen molar-refractivity contribution in [3.05, 3.63) is 93.1 Å². The van der Waals surface area contributed by atoms with Gasteiger partial charge in [0.15, 0.2) is 10.9 Å². The van der Waals surface area contributed by atoms with E-state index in [1.165, 1.54) is 0 Å². The highest BCUT2D eigenvalue weighted by Crippen LogP contribution is 2.36. The molecule has 2 N–H and O–H groups in total. The molecule has 2 aromatic heterocycles. The van der Waals surface area contributed by atoms with Gasteiger partial charge in [-0.05, 0) is 72.9 Å². The van der Waals surface area contributed by atoms with E-state index in [-0.39, 0.29) is 10.9 Å². The number of carbonyl (C=O) groups excluding carboxylic acids is 1. The third-order valence-corrected chi connectivity index (χ3v) is 7.34. The lowest BCUT2D eigenvalue weighted by Crippen LogP contribution is -2.34. The zero-order valence-corrected chi connectivity index (χ0v) is 22.4. The molecule has 0 fully saturated rings. The van der Waals surface area contributed by atoms with E-state index in [1.807, 2.05) is 42.5 Å². The number of nitrogens with one attached hydrogen (secondary N) is 2. The van der Waals surface area contributed by atoms with Crippen molar-refractivity contribution in [2.45, 2.75) is 0 Å². The molecular weight excluding hydrogens is 589 g/mol. The molecule has 3 aromatic carbocycles. The Hall–Kier alpha value is -2.75. The van der Waals surface area contributed by atoms with Crippen molar-refractivity contribution in [2.75, 3.05) is 5.32 Å². The number of furan rings is 1. The third kappa shape index (κ3) is 5.27. The van der Waals surface area contributed by atoms with E-state index in [0.717, 1.165) is 25.3 Å². The molecule has 0 spiro atoms. The van der Waals surface area contributed by atoms with Gasteiger partial charge in [-0.25, -0.2) is 4.98 Å². The molecule has 0 aliphatic rings. The maximum Gasteiger partial charge on any atom is 0.293 e. The van der Waals surface area contributed by atoms with Gasteiger partial charge in [0.25, 0.3) is 5.91 Å². The fourth-order valence-corrected chi connectivity index (χ4v) is 5.34. The second-order valence-electron chi connectivity index (χ2n) is 7.37. The van der Waals surface area contributed by atoms with Gasteiger partial charge in [-0.3, -0.25) is 10.1 Å². The van der Waals surface area contributed by atoms with E-state index in [2.05, 4.69) is 26.6 Å². The fourth-order valence-electron chi connectivity index (χ4n) is 3.40. The van der Waals surface area contributed by atoms with Crippen molar-refractivity contribution in [1.29, 1.82) is 0 Å². The molecule has 0 saturated carbocycles. The molecule has 5 rings (SSSR count). The molecule has 0 bridgehead atoms. The van der Waals surface area contributed by atoms with Crippen LogP contribution in [0.5, 0.6) is 0 Å². The van der Waals surface area contributed by atoms with Crippen molar-refractivity contribution in [3.8, 4) is 21.9 Å². The van der Waals surface area contributed by atoms with Crippen LogP contribution < -0.4 is 10.6 Å². The largest absolute Gasteiger partial charge is 0.451 e. The van der Waals surface area contributed by atoms with Crippen molar-refractivity contribution in [1.82, 2.24) is 10.3 Å². The average Bonchev–Trinajstić information content (AvgIpc) is 3.49. The lowest BCUT2D eigenvalue weighted by Gasteiger charge is -2.12. The van der Waals surface area contributed by atoms with Gasteiger partial charge in [-0.15, -0.1) is 11.3 Å². The molecule has 5 nitrogen and oxygen atoms in total. The molecule has 0 radical (unpaired) electrons. The van der Waals surface area contributed by atoms with Crippen molar-refractivity contribution in [2.24, 2.45) is 0 Å². The summed E-state index contributed by atoms with van der Waals surface area (Å²) < 4.78 is 7.68. The molecule has 0 saturated heterocycles. The summed E-state index contributed by atoms with van der Waals surface area (Å²) in [4.78, 5) is 17.5. The Labute approximate surface area is 228 Å². The summed E-state index contributed by atoms with van der Waals surface area (Å²) in [5, 5.41) is 7.69. The highest BCUT2D eigenvalue weighted by molar-refractivity contribution is 9.10. The van der Waals surface area contributed by atoms with Gasteiger partial charge in [0.1, 0.15) is 10.8 Å². The minimum Gasteiger partial charge on any atom is -0.451 e. The summed E-state index contributed by atoms with van der Waals surface area (Å²) in [7, 11) is 0. The minimum absolute atomic E-state index is 0.0856. The van der Waals surface area contributed by atoms with Gasteiger partial charge in [0, 0.05) is 20.6 Å². The van der Waals surface area contributed by atoms with Gasteiger partial charge < -0.3 is 9.73 Å². The Bertz CT molecular complexity index is 1570. The normalized spacial score (nSPS) is 10.9. The van der Waals surface area contributed by atoms with E-state index < -0.39 is 5.91 Å². The number of fused-ring (bicyclic) bond motifs is 1. The Kier molecular flexibility index (Phi) is 6.91. The van der Waals surface area contributed by atoms with Gasteiger partial charge in [-0.1, -0.05) is 51.3 Å². The molecular formula is C25H14BrCl2N3O2S2. The zero-order chi connectivity index (χ0) is 24.5. The van der Waals surface area contributed by atoms with Crippen LogP contribution in [0.2, 0.25) is 10.0 Å². The first-order valence-electron chi connectivity index (χ1n) is 10.2. The van der Waals surface area contributed by atoms with Crippen molar-refractivity contribution < 1.29 is 9.21 Å². The highest BCUT2D eigenvalue weighted by Gasteiger charge is 2.17. The molecule has 10 heteroatoms.